The molecule has 0 aliphatic heterocycles. The molecule has 0 radical (unpaired) electrons. The van der Waals surface area contributed by atoms with Gasteiger partial charge in [-0.2, -0.15) is 4.98 Å². The Morgan fingerprint density at radius 1 is 1.64 bits per heavy atom. The summed E-state index contributed by atoms with van der Waals surface area (Å²) in [5, 5.41) is 2.56. The van der Waals surface area contributed by atoms with Crippen molar-refractivity contribution in [1.82, 2.24) is 9.97 Å². The zero-order valence-electron chi connectivity index (χ0n) is 7.66. The highest BCUT2D eigenvalue weighted by atomic mass is 35.5. The van der Waals surface area contributed by atoms with Gasteiger partial charge in [-0.15, -0.1) is 0 Å². The van der Waals surface area contributed by atoms with Crippen molar-refractivity contribution >= 4 is 23.7 Å². The highest BCUT2D eigenvalue weighted by Gasteiger charge is 2.09. The number of amides is 1. The molecule has 6 heteroatoms. The molecule has 0 bridgehead atoms. The standard InChI is InChI=1S/C8H10ClN3O2/c1-2-3-14-8-6(12-5-13)7(9)10-4-11-8/h4-5H,2-3H2,1H3,(H,12,13). The molecular weight excluding hydrogens is 206 g/mol. The van der Waals surface area contributed by atoms with Crippen LogP contribution in [0.1, 0.15) is 13.3 Å². The molecule has 0 unspecified atom stereocenters. The molecule has 76 valence electrons. The number of carbonyl (C=O) groups is 1. The maximum atomic E-state index is 10.3. The highest BCUT2D eigenvalue weighted by Crippen LogP contribution is 2.27. The van der Waals surface area contributed by atoms with Gasteiger partial charge in [-0.05, 0) is 6.42 Å². The average molecular weight is 216 g/mol. The van der Waals surface area contributed by atoms with E-state index in [-0.39, 0.29) is 5.15 Å². The fraction of sp³-hybridized carbons (Fsp3) is 0.375. The summed E-state index contributed by atoms with van der Waals surface area (Å²) in [4.78, 5) is 17.8. The predicted molar refractivity (Wildman–Crippen MR) is 52.5 cm³/mol. The van der Waals surface area contributed by atoms with E-state index in [0.717, 1.165) is 6.42 Å². The zero-order valence-corrected chi connectivity index (χ0v) is 8.41. The van der Waals surface area contributed by atoms with E-state index in [9.17, 15) is 4.79 Å². The molecule has 0 saturated carbocycles. The van der Waals surface area contributed by atoms with Crippen LogP contribution in [-0.2, 0) is 4.79 Å². The quantitative estimate of drug-likeness (QED) is 0.597. The molecular formula is C8H10ClN3O2. The second-order valence-corrected chi connectivity index (χ2v) is 2.81. The molecule has 0 aliphatic rings. The Kier molecular flexibility index (Phi) is 4.12. The molecule has 1 aromatic heterocycles. The van der Waals surface area contributed by atoms with E-state index in [1.54, 1.807) is 0 Å². The van der Waals surface area contributed by atoms with Gasteiger partial charge in [-0.25, -0.2) is 4.98 Å². The fourth-order valence-corrected chi connectivity index (χ4v) is 1.02. The highest BCUT2D eigenvalue weighted by molar-refractivity contribution is 6.32. The lowest BCUT2D eigenvalue weighted by atomic mass is 10.5. The summed E-state index contributed by atoms with van der Waals surface area (Å²) in [6.07, 6.45) is 2.63. The van der Waals surface area contributed by atoms with Crippen LogP contribution in [0.15, 0.2) is 6.33 Å². The molecule has 1 N–H and O–H groups in total. The first-order chi connectivity index (χ1) is 6.79. The van der Waals surface area contributed by atoms with E-state index in [4.69, 9.17) is 16.3 Å². The molecule has 1 heterocycles. The van der Waals surface area contributed by atoms with Crippen molar-refractivity contribution in [2.75, 3.05) is 11.9 Å². The Balaban J connectivity index is 2.89. The predicted octanol–water partition coefficient (Wildman–Crippen LogP) is 1.49. The van der Waals surface area contributed by atoms with Gasteiger partial charge in [0.2, 0.25) is 12.3 Å². The summed E-state index contributed by atoms with van der Waals surface area (Å²) in [5.41, 5.74) is 0.303. The Morgan fingerprint density at radius 2 is 2.43 bits per heavy atom. The first kappa shape index (κ1) is 10.7. The van der Waals surface area contributed by atoms with Crippen molar-refractivity contribution in [3.05, 3.63) is 11.5 Å². The van der Waals surface area contributed by atoms with Gasteiger partial charge in [0.15, 0.2) is 5.15 Å². The van der Waals surface area contributed by atoms with E-state index >= 15 is 0 Å². The van der Waals surface area contributed by atoms with Gasteiger partial charge in [0.25, 0.3) is 0 Å². The SMILES string of the molecule is CCCOc1ncnc(Cl)c1NC=O. The molecule has 0 atom stereocenters. The smallest absolute Gasteiger partial charge is 0.242 e. The lowest BCUT2D eigenvalue weighted by Crippen LogP contribution is -2.04. The lowest BCUT2D eigenvalue weighted by Gasteiger charge is -2.08. The average Bonchev–Trinajstić information content (AvgIpc) is 2.19. The molecule has 1 aromatic rings. The lowest BCUT2D eigenvalue weighted by molar-refractivity contribution is -0.105. The van der Waals surface area contributed by atoms with E-state index in [0.29, 0.717) is 24.6 Å². The van der Waals surface area contributed by atoms with Crippen molar-refractivity contribution in [3.8, 4) is 5.88 Å². The maximum absolute atomic E-state index is 10.3. The van der Waals surface area contributed by atoms with Gasteiger partial charge in [0.05, 0.1) is 6.61 Å². The van der Waals surface area contributed by atoms with Gasteiger partial charge in [0.1, 0.15) is 12.0 Å². The number of halogens is 1. The normalized spacial score (nSPS) is 9.57. The van der Waals surface area contributed by atoms with Gasteiger partial charge < -0.3 is 10.1 Å². The summed E-state index contributed by atoms with van der Waals surface area (Å²) < 4.78 is 5.26. The second-order valence-electron chi connectivity index (χ2n) is 2.46. The number of aromatic nitrogens is 2. The van der Waals surface area contributed by atoms with Gasteiger partial charge >= 0.3 is 0 Å². The molecule has 0 aromatic carbocycles. The topological polar surface area (TPSA) is 64.1 Å². The van der Waals surface area contributed by atoms with Crippen molar-refractivity contribution in [1.29, 1.82) is 0 Å². The third-order valence-corrected chi connectivity index (χ3v) is 1.70. The Bertz CT molecular complexity index is 319. The minimum atomic E-state index is 0.165. The van der Waals surface area contributed by atoms with Crippen LogP contribution < -0.4 is 10.1 Å². The molecule has 1 amide bonds. The number of rotatable bonds is 5. The molecule has 0 fully saturated rings. The molecule has 5 nitrogen and oxygen atoms in total. The van der Waals surface area contributed by atoms with Crippen molar-refractivity contribution < 1.29 is 9.53 Å². The number of anilines is 1. The number of carbonyl (C=O) groups excluding carboxylic acids is 1. The minimum absolute atomic E-state index is 0.165. The van der Waals surface area contributed by atoms with Crippen LogP contribution >= 0.6 is 11.6 Å². The van der Waals surface area contributed by atoms with Crippen LogP contribution in [0, 0.1) is 0 Å². The van der Waals surface area contributed by atoms with Gasteiger partial charge in [-0.3, -0.25) is 4.79 Å². The first-order valence-electron chi connectivity index (χ1n) is 4.13. The monoisotopic (exact) mass is 215 g/mol. The Hall–Kier alpha value is -1.36. The van der Waals surface area contributed by atoms with Crippen LogP contribution in [0.5, 0.6) is 5.88 Å². The number of nitrogens with one attached hydrogen (secondary N) is 1. The number of nitrogens with zero attached hydrogens (tertiary/aromatic N) is 2. The third kappa shape index (κ3) is 2.56. The molecule has 1 rings (SSSR count). The zero-order chi connectivity index (χ0) is 10.4. The molecule has 0 aliphatic carbocycles. The second kappa shape index (κ2) is 5.39. The number of hydrogen-bond acceptors (Lipinski definition) is 4. The summed E-state index contributed by atoms with van der Waals surface area (Å²) in [5.74, 6) is 0.291. The van der Waals surface area contributed by atoms with E-state index in [1.165, 1.54) is 6.33 Å². The van der Waals surface area contributed by atoms with E-state index < -0.39 is 0 Å². The van der Waals surface area contributed by atoms with Crippen molar-refractivity contribution in [2.24, 2.45) is 0 Å². The molecule has 14 heavy (non-hydrogen) atoms. The minimum Gasteiger partial charge on any atom is -0.476 e. The van der Waals surface area contributed by atoms with E-state index in [1.807, 2.05) is 6.92 Å². The first-order valence-corrected chi connectivity index (χ1v) is 4.50. The van der Waals surface area contributed by atoms with Crippen molar-refractivity contribution in [3.63, 3.8) is 0 Å². The summed E-state index contributed by atoms with van der Waals surface area (Å²) in [6, 6.07) is 0. The molecule has 0 spiro atoms. The molecule has 0 saturated heterocycles. The largest absolute Gasteiger partial charge is 0.476 e. The maximum Gasteiger partial charge on any atom is 0.242 e. The van der Waals surface area contributed by atoms with Crippen LogP contribution in [0.2, 0.25) is 5.15 Å². The van der Waals surface area contributed by atoms with Crippen LogP contribution in [0.25, 0.3) is 0 Å². The Labute approximate surface area is 86.5 Å². The summed E-state index contributed by atoms with van der Waals surface area (Å²) >= 11 is 5.73. The van der Waals surface area contributed by atoms with Crippen LogP contribution in [0.4, 0.5) is 5.69 Å². The summed E-state index contributed by atoms with van der Waals surface area (Å²) in [7, 11) is 0. The number of ether oxygens (including phenoxy) is 1. The van der Waals surface area contributed by atoms with Crippen molar-refractivity contribution in [2.45, 2.75) is 13.3 Å². The van der Waals surface area contributed by atoms with Gasteiger partial charge in [-0.1, -0.05) is 18.5 Å². The number of hydrogen-bond donors (Lipinski definition) is 1. The van der Waals surface area contributed by atoms with E-state index in [2.05, 4.69) is 15.3 Å². The summed E-state index contributed by atoms with van der Waals surface area (Å²) in [6.45, 7) is 2.48. The van der Waals surface area contributed by atoms with Crippen LogP contribution in [0.3, 0.4) is 0 Å². The van der Waals surface area contributed by atoms with Crippen LogP contribution in [-0.4, -0.2) is 23.0 Å². The third-order valence-electron chi connectivity index (χ3n) is 1.41. The van der Waals surface area contributed by atoms with Gasteiger partial charge in [0, 0.05) is 0 Å². The fourth-order valence-electron chi connectivity index (χ4n) is 0.838. The Morgan fingerprint density at radius 3 is 3.07 bits per heavy atom.